The van der Waals surface area contributed by atoms with Crippen LogP contribution in [0.3, 0.4) is 0 Å². The SMILES string of the molecule is Cl.NCC(NC(=O)c1ccc(=O)[nH]c1)C1CCCCC1. The molecule has 112 valence electrons. The van der Waals surface area contributed by atoms with Gasteiger partial charge in [-0.15, -0.1) is 12.4 Å². The number of H-pyrrole nitrogens is 1. The highest BCUT2D eigenvalue weighted by molar-refractivity contribution is 5.94. The molecule has 1 fully saturated rings. The van der Waals surface area contributed by atoms with Crippen molar-refractivity contribution in [3.8, 4) is 0 Å². The Kier molecular flexibility index (Phi) is 6.75. The van der Waals surface area contributed by atoms with Crippen molar-refractivity contribution in [2.24, 2.45) is 11.7 Å². The third-order valence-corrected chi connectivity index (χ3v) is 3.84. The zero-order valence-electron chi connectivity index (χ0n) is 11.4. The van der Waals surface area contributed by atoms with Crippen LogP contribution in [0.1, 0.15) is 42.5 Å². The number of hydrogen-bond acceptors (Lipinski definition) is 3. The smallest absolute Gasteiger partial charge is 0.253 e. The first-order chi connectivity index (χ1) is 9.20. The van der Waals surface area contributed by atoms with Crippen LogP contribution < -0.4 is 16.6 Å². The minimum absolute atomic E-state index is 0. The summed E-state index contributed by atoms with van der Waals surface area (Å²) in [5.41, 5.74) is 6.04. The Balaban J connectivity index is 0.00000200. The lowest BCUT2D eigenvalue weighted by Crippen LogP contribution is -2.46. The molecule has 6 heteroatoms. The number of halogens is 1. The predicted molar refractivity (Wildman–Crippen MR) is 81.2 cm³/mol. The Bertz CT molecular complexity index is 463. The summed E-state index contributed by atoms with van der Waals surface area (Å²) in [6.07, 6.45) is 7.42. The second-order valence-electron chi connectivity index (χ2n) is 5.16. The highest BCUT2D eigenvalue weighted by atomic mass is 35.5. The molecular weight excluding hydrogens is 278 g/mol. The van der Waals surface area contributed by atoms with E-state index in [2.05, 4.69) is 10.3 Å². The van der Waals surface area contributed by atoms with Gasteiger partial charge in [0.2, 0.25) is 5.56 Å². The third kappa shape index (κ3) is 4.35. The van der Waals surface area contributed by atoms with Crippen molar-refractivity contribution in [2.45, 2.75) is 38.1 Å². The fourth-order valence-corrected chi connectivity index (χ4v) is 2.71. The van der Waals surface area contributed by atoms with Gasteiger partial charge in [0.25, 0.3) is 5.91 Å². The van der Waals surface area contributed by atoms with E-state index in [0.717, 1.165) is 12.8 Å². The van der Waals surface area contributed by atoms with Crippen molar-refractivity contribution in [3.63, 3.8) is 0 Å². The van der Waals surface area contributed by atoms with Crippen LogP contribution in [0, 0.1) is 5.92 Å². The summed E-state index contributed by atoms with van der Waals surface area (Å²) >= 11 is 0. The van der Waals surface area contributed by atoms with Crippen LogP contribution in [0.2, 0.25) is 0 Å². The lowest BCUT2D eigenvalue weighted by atomic mass is 9.84. The van der Waals surface area contributed by atoms with E-state index in [-0.39, 0.29) is 29.9 Å². The van der Waals surface area contributed by atoms with Gasteiger partial charge in [-0.05, 0) is 24.8 Å². The van der Waals surface area contributed by atoms with Crippen LogP contribution in [0.5, 0.6) is 0 Å². The van der Waals surface area contributed by atoms with Crippen molar-refractivity contribution in [2.75, 3.05) is 6.54 Å². The lowest BCUT2D eigenvalue weighted by molar-refractivity contribution is 0.0915. The maximum Gasteiger partial charge on any atom is 0.253 e. The number of nitrogens with two attached hydrogens (primary N) is 1. The molecule has 0 bridgehead atoms. The van der Waals surface area contributed by atoms with E-state index >= 15 is 0 Å². The van der Waals surface area contributed by atoms with Crippen molar-refractivity contribution < 1.29 is 4.79 Å². The number of rotatable bonds is 4. The quantitative estimate of drug-likeness (QED) is 0.786. The standard InChI is InChI=1S/C14H21N3O2.ClH/c15-8-12(10-4-2-1-3-5-10)17-14(19)11-6-7-13(18)16-9-11;/h6-7,9-10,12H,1-5,8,15H2,(H,16,18)(H,17,19);1H. The number of aromatic amines is 1. The molecule has 5 nitrogen and oxygen atoms in total. The summed E-state index contributed by atoms with van der Waals surface area (Å²) in [5, 5.41) is 2.99. The van der Waals surface area contributed by atoms with E-state index in [1.165, 1.54) is 37.6 Å². The van der Waals surface area contributed by atoms with E-state index in [0.29, 0.717) is 18.0 Å². The summed E-state index contributed by atoms with van der Waals surface area (Å²) < 4.78 is 0. The fraction of sp³-hybridized carbons (Fsp3) is 0.571. The van der Waals surface area contributed by atoms with Gasteiger partial charge in [0.1, 0.15) is 0 Å². The van der Waals surface area contributed by atoms with Crippen molar-refractivity contribution >= 4 is 18.3 Å². The molecule has 0 aromatic carbocycles. The average Bonchev–Trinajstić information content (AvgIpc) is 2.46. The van der Waals surface area contributed by atoms with Gasteiger partial charge in [-0.3, -0.25) is 9.59 Å². The number of amides is 1. The fourth-order valence-electron chi connectivity index (χ4n) is 2.71. The number of carbonyl (C=O) groups is 1. The van der Waals surface area contributed by atoms with Gasteiger partial charge < -0.3 is 16.0 Å². The molecule has 1 aliphatic carbocycles. The molecule has 0 saturated heterocycles. The molecule has 2 rings (SSSR count). The van der Waals surface area contributed by atoms with E-state index in [1.807, 2.05) is 0 Å². The molecule has 1 amide bonds. The van der Waals surface area contributed by atoms with Gasteiger partial charge in [0, 0.05) is 24.8 Å². The number of hydrogen-bond donors (Lipinski definition) is 3. The number of nitrogens with one attached hydrogen (secondary N) is 2. The van der Waals surface area contributed by atoms with Crippen LogP contribution >= 0.6 is 12.4 Å². The van der Waals surface area contributed by atoms with Crippen LogP contribution in [0.4, 0.5) is 0 Å². The van der Waals surface area contributed by atoms with Crippen molar-refractivity contribution in [1.29, 1.82) is 0 Å². The molecule has 0 spiro atoms. The van der Waals surface area contributed by atoms with Crippen molar-refractivity contribution in [1.82, 2.24) is 10.3 Å². The summed E-state index contributed by atoms with van der Waals surface area (Å²) in [4.78, 5) is 25.5. The van der Waals surface area contributed by atoms with E-state index in [9.17, 15) is 9.59 Å². The highest BCUT2D eigenvalue weighted by Crippen LogP contribution is 2.26. The monoisotopic (exact) mass is 299 g/mol. The van der Waals surface area contributed by atoms with Crippen LogP contribution in [0.25, 0.3) is 0 Å². The first-order valence-corrected chi connectivity index (χ1v) is 6.90. The Morgan fingerprint density at radius 2 is 2.05 bits per heavy atom. The van der Waals surface area contributed by atoms with E-state index in [1.54, 1.807) is 0 Å². The average molecular weight is 300 g/mol. The molecule has 1 aromatic rings. The molecule has 0 radical (unpaired) electrons. The molecule has 1 atom stereocenters. The van der Waals surface area contributed by atoms with Gasteiger partial charge in [-0.2, -0.15) is 0 Å². The lowest BCUT2D eigenvalue weighted by Gasteiger charge is -2.30. The van der Waals surface area contributed by atoms with Gasteiger partial charge in [-0.25, -0.2) is 0 Å². The van der Waals surface area contributed by atoms with Gasteiger partial charge in [-0.1, -0.05) is 19.3 Å². The topological polar surface area (TPSA) is 88.0 Å². The van der Waals surface area contributed by atoms with Gasteiger partial charge in [0.15, 0.2) is 0 Å². The highest BCUT2D eigenvalue weighted by Gasteiger charge is 2.24. The van der Waals surface area contributed by atoms with Crippen LogP contribution in [0.15, 0.2) is 23.1 Å². The zero-order chi connectivity index (χ0) is 13.7. The van der Waals surface area contributed by atoms with Crippen LogP contribution in [-0.2, 0) is 0 Å². The summed E-state index contributed by atoms with van der Waals surface area (Å²) in [5.74, 6) is 0.308. The first-order valence-electron chi connectivity index (χ1n) is 6.90. The molecule has 0 aliphatic heterocycles. The number of carbonyl (C=O) groups excluding carboxylic acids is 1. The summed E-state index contributed by atoms with van der Waals surface area (Å²) in [7, 11) is 0. The maximum atomic E-state index is 12.1. The first kappa shape index (κ1) is 16.7. The van der Waals surface area contributed by atoms with Gasteiger partial charge >= 0.3 is 0 Å². The molecule has 20 heavy (non-hydrogen) atoms. The predicted octanol–water partition coefficient (Wildman–Crippen LogP) is 1.43. The van der Waals surface area contributed by atoms with Crippen LogP contribution in [-0.4, -0.2) is 23.5 Å². The van der Waals surface area contributed by atoms with Gasteiger partial charge in [0.05, 0.1) is 5.56 Å². The normalized spacial score (nSPS) is 17.1. The minimum atomic E-state index is -0.209. The molecule has 1 aliphatic rings. The number of pyridine rings is 1. The minimum Gasteiger partial charge on any atom is -0.348 e. The Morgan fingerprint density at radius 3 is 2.60 bits per heavy atom. The second kappa shape index (κ2) is 8.07. The maximum absolute atomic E-state index is 12.1. The largest absolute Gasteiger partial charge is 0.348 e. The molecule has 1 saturated carbocycles. The summed E-state index contributed by atoms with van der Waals surface area (Å²) in [6, 6.07) is 2.91. The Hall–Kier alpha value is -1.33. The Morgan fingerprint density at radius 1 is 1.35 bits per heavy atom. The zero-order valence-corrected chi connectivity index (χ0v) is 12.2. The Labute approximate surface area is 124 Å². The number of aromatic nitrogens is 1. The molecule has 4 N–H and O–H groups in total. The van der Waals surface area contributed by atoms with Crippen molar-refractivity contribution in [3.05, 3.63) is 34.2 Å². The molecule has 1 heterocycles. The molecular formula is C14H22ClN3O2. The third-order valence-electron chi connectivity index (χ3n) is 3.84. The van der Waals surface area contributed by atoms with E-state index in [4.69, 9.17) is 5.73 Å². The summed E-state index contributed by atoms with van der Waals surface area (Å²) in [6.45, 7) is 0.458. The van der Waals surface area contributed by atoms with E-state index < -0.39 is 0 Å². The second-order valence-corrected chi connectivity index (χ2v) is 5.16. The molecule has 1 unspecified atom stereocenters. The molecule has 1 aromatic heterocycles.